The third kappa shape index (κ3) is 3.85. The zero-order valence-electron chi connectivity index (χ0n) is 11.8. The van der Waals surface area contributed by atoms with Gasteiger partial charge in [0.15, 0.2) is 0 Å². The van der Waals surface area contributed by atoms with Crippen LogP contribution in [0.4, 0.5) is 10.7 Å². The lowest BCUT2D eigenvalue weighted by molar-refractivity contribution is 0.0705. The average Bonchev–Trinajstić information content (AvgIpc) is 3.23. The van der Waals surface area contributed by atoms with E-state index >= 15 is 0 Å². The van der Waals surface area contributed by atoms with E-state index in [-0.39, 0.29) is 0 Å². The number of thiophene rings is 1. The van der Waals surface area contributed by atoms with E-state index < -0.39 is 0 Å². The van der Waals surface area contributed by atoms with Crippen LogP contribution in [-0.4, -0.2) is 33.5 Å². The zero-order chi connectivity index (χ0) is 14.4. The summed E-state index contributed by atoms with van der Waals surface area (Å²) < 4.78 is 10.3. The fourth-order valence-corrected chi connectivity index (χ4v) is 3.10. The van der Waals surface area contributed by atoms with Gasteiger partial charge in [-0.25, -0.2) is 0 Å². The van der Waals surface area contributed by atoms with E-state index in [1.165, 1.54) is 24.2 Å². The number of anilines is 2. The quantitative estimate of drug-likeness (QED) is 0.684. The molecular weight excluding hydrogens is 274 g/mol. The molecule has 110 valence electrons. The molecule has 0 aromatic carbocycles. The number of methoxy groups -OCH3 is 1. The normalized spacial score (nSPS) is 14.2. The zero-order valence-corrected chi connectivity index (χ0v) is 12.6. The molecule has 5 nitrogen and oxygen atoms in total. The second kappa shape index (κ2) is 7.48. The average molecular weight is 295 g/mol. The van der Waals surface area contributed by atoms with Crippen LogP contribution >= 0.6 is 11.3 Å². The van der Waals surface area contributed by atoms with E-state index in [4.69, 9.17) is 20.5 Å². The molecule has 3 N–H and O–H groups in total. The lowest BCUT2D eigenvalue weighted by Crippen LogP contribution is -2.08. The summed E-state index contributed by atoms with van der Waals surface area (Å²) in [5.74, 6) is 0.550. The summed E-state index contributed by atoms with van der Waals surface area (Å²) in [6.45, 7) is 2.80. The Kier molecular flexibility index (Phi) is 5.65. The van der Waals surface area contributed by atoms with Gasteiger partial charge in [-0.15, -0.1) is 11.3 Å². The molecule has 20 heavy (non-hydrogen) atoms. The first-order valence-corrected chi connectivity index (χ1v) is 7.72. The molecule has 2 rings (SSSR count). The Morgan fingerprint density at radius 1 is 1.40 bits per heavy atom. The first-order valence-electron chi connectivity index (χ1n) is 6.90. The molecule has 1 aromatic rings. The summed E-state index contributed by atoms with van der Waals surface area (Å²) in [4.78, 5) is 0.630. The fourth-order valence-electron chi connectivity index (χ4n) is 2.07. The Bertz CT molecular complexity index is 477. The van der Waals surface area contributed by atoms with Gasteiger partial charge in [0.25, 0.3) is 0 Å². The highest BCUT2D eigenvalue weighted by molar-refractivity contribution is 7.17. The van der Waals surface area contributed by atoms with Gasteiger partial charge in [-0.3, -0.25) is 0 Å². The van der Waals surface area contributed by atoms with Crippen LogP contribution in [0.5, 0.6) is 0 Å². The topological polar surface area (TPSA) is 80.3 Å². The smallest absolute Gasteiger partial charge is 0.130 e. The highest BCUT2D eigenvalue weighted by atomic mass is 32.1. The molecule has 1 aliphatic rings. The molecule has 0 amide bonds. The maximum Gasteiger partial charge on any atom is 0.130 e. The summed E-state index contributed by atoms with van der Waals surface area (Å²) in [7, 11) is 1.66. The van der Waals surface area contributed by atoms with Gasteiger partial charge in [-0.05, 0) is 25.2 Å². The number of ether oxygens (including phenoxy) is 2. The number of nitrogen functional groups attached to an aromatic ring is 1. The highest BCUT2D eigenvalue weighted by Gasteiger charge is 2.31. The Labute approximate surface area is 123 Å². The third-order valence-electron chi connectivity index (χ3n) is 3.25. The predicted molar refractivity (Wildman–Crippen MR) is 81.2 cm³/mol. The van der Waals surface area contributed by atoms with Crippen molar-refractivity contribution in [2.75, 3.05) is 44.5 Å². The highest BCUT2D eigenvalue weighted by Crippen LogP contribution is 2.50. The molecular formula is C14H21N3O2S. The van der Waals surface area contributed by atoms with Crippen molar-refractivity contribution in [1.82, 2.24) is 0 Å². The molecule has 1 saturated carbocycles. The number of nitrogens with zero attached hydrogens (tertiary/aromatic N) is 1. The van der Waals surface area contributed by atoms with Crippen molar-refractivity contribution in [3.63, 3.8) is 0 Å². The molecule has 6 heteroatoms. The van der Waals surface area contributed by atoms with Gasteiger partial charge in [0.2, 0.25) is 0 Å². The molecule has 1 aromatic heterocycles. The van der Waals surface area contributed by atoms with Gasteiger partial charge in [0, 0.05) is 25.8 Å². The van der Waals surface area contributed by atoms with E-state index in [9.17, 15) is 0 Å². The van der Waals surface area contributed by atoms with Gasteiger partial charge < -0.3 is 20.5 Å². The van der Waals surface area contributed by atoms with Gasteiger partial charge in [0.05, 0.1) is 23.9 Å². The van der Waals surface area contributed by atoms with Crippen molar-refractivity contribution in [3.8, 4) is 6.07 Å². The number of nitriles is 1. The minimum Gasteiger partial charge on any atom is -0.397 e. The van der Waals surface area contributed by atoms with Crippen molar-refractivity contribution in [2.24, 2.45) is 0 Å². The van der Waals surface area contributed by atoms with E-state index in [0.29, 0.717) is 36.3 Å². The van der Waals surface area contributed by atoms with Gasteiger partial charge in [-0.1, -0.05) is 0 Å². The van der Waals surface area contributed by atoms with E-state index in [1.54, 1.807) is 7.11 Å². The molecule has 1 fully saturated rings. The molecule has 0 atom stereocenters. The number of hydrogen-bond acceptors (Lipinski definition) is 6. The van der Waals surface area contributed by atoms with Crippen LogP contribution < -0.4 is 11.1 Å². The van der Waals surface area contributed by atoms with Gasteiger partial charge in [0.1, 0.15) is 10.9 Å². The summed E-state index contributed by atoms with van der Waals surface area (Å²) >= 11 is 1.47. The lowest BCUT2D eigenvalue weighted by atomic mass is 10.1. The van der Waals surface area contributed by atoms with Crippen LogP contribution in [0.3, 0.4) is 0 Å². The van der Waals surface area contributed by atoms with Crippen LogP contribution in [-0.2, 0) is 9.47 Å². The predicted octanol–water partition coefficient (Wildman–Crippen LogP) is 2.54. The third-order valence-corrected chi connectivity index (χ3v) is 4.34. The van der Waals surface area contributed by atoms with Crippen molar-refractivity contribution in [3.05, 3.63) is 10.4 Å². The molecule has 1 heterocycles. The SMILES string of the molecule is COCCOCCCNc1sc(C#N)c(N)c1C1CC1. The number of rotatable bonds is 9. The maximum absolute atomic E-state index is 9.07. The van der Waals surface area contributed by atoms with Gasteiger partial charge in [-0.2, -0.15) is 5.26 Å². The van der Waals surface area contributed by atoms with Gasteiger partial charge >= 0.3 is 0 Å². The lowest BCUT2D eigenvalue weighted by Gasteiger charge is -2.08. The molecule has 0 spiro atoms. The van der Waals surface area contributed by atoms with Crippen LogP contribution in [0, 0.1) is 11.3 Å². The van der Waals surface area contributed by atoms with Crippen molar-refractivity contribution in [1.29, 1.82) is 5.26 Å². The van der Waals surface area contributed by atoms with Crippen molar-refractivity contribution in [2.45, 2.75) is 25.2 Å². The van der Waals surface area contributed by atoms with E-state index in [2.05, 4.69) is 11.4 Å². The number of hydrogen-bond donors (Lipinski definition) is 2. The largest absolute Gasteiger partial charge is 0.397 e. The molecule has 0 unspecified atom stereocenters. The van der Waals surface area contributed by atoms with Crippen molar-refractivity contribution < 1.29 is 9.47 Å². The first-order chi connectivity index (χ1) is 9.77. The molecule has 0 radical (unpaired) electrons. The standard InChI is InChI=1S/C14H21N3O2S/c1-18-7-8-19-6-2-5-17-14-12(10-3-4-10)13(16)11(9-15)20-14/h10,17H,2-8,16H2,1H3. The molecule has 0 aliphatic heterocycles. The molecule has 0 saturated heterocycles. The Morgan fingerprint density at radius 3 is 2.85 bits per heavy atom. The summed E-state index contributed by atoms with van der Waals surface area (Å²) in [6, 6.07) is 2.18. The maximum atomic E-state index is 9.07. The minimum absolute atomic E-state index is 0.550. The molecule has 1 aliphatic carbocycles. The minimum atomic E-state index is 0.550. The summed E-state index contributed by atoms with van der Waals surface area (Å²) in [6.07, 6.45) is 3.29. The van der Waals surface area contributed by atoms with Crippen molar-refractivity contribution >= 4 is 22.0 Å². The number of nitrogens with two attached hydrogens (primary N) is 1. The summed E-state index contributed by atoms with van der Waals surface area (Å²) in [5, 5.41) is 13.5. The second-order valence-corrected chi connectivity index (χ2v) is 5.88. The Morgan fingerprint density at radius 2 is 2.20 bits per heavy atom. The van der Waals surface area contributed by atoms with Crippen LogP contribution in [0.2, 0.25) is 0 Å². The van der Waals surface area contributed by atoms with Crippen LogP contribution in [0.15, 0.2) is 0 Å². The fraction of sp³-hybridized carbons (Fsp3) is 0.643. The first kappa shape index (κ1) is 15.1. The Balaban J connectivity index is 1.79. The van der Waals surface area contributed by atoms with Crippen LogP contribution in [0.1, 0.15) is 35.6 Å². The monoisotopic (exact) mass is 295 g/mol. The van der Waals surface area contributed by atoms with E-state index in [0.717, 1.165) is 23.5 Å². The molecule has 0 bridgehead atoms. The second-order valence-electron chi connectivity index (χ2n) is 4.86. The van der Waals surface area contributed by atoms with Crippen LogP contribution in [0.25, 0.3) is 0 Å². The Hall–Kier alpha value is -1.29. The number of nitrogens with one attached hydrogen (secondary N) is 1. The van der Waals surface area contributed by atoms with E-state index in [1.807, 2.05) is 0 Å². The summed E-state index contributed by atoms with van der Waals surface area (Å²) in [5.41, 5.74) is 7.89.